The molecule has 142 valence electrons. The monoisotopic (exact) mass is 373 g/mol. The molecule has 3 aromatic carbocycles. The Morgan fingerprint density at radius 3 is 2.39 bits per heavy atom. The van der Waals surface area contributed by atoms with Gasteiger partial charge in [0.05, 0.1) is 0 Å². The molecule has 1 heterocycles. The van der Waals surface area contributed by atoms with Crippen molar-refractivity contribution in [2.45, 2.75) is 18.4 Å². The van der Waals surface area contributed by atoms with E-state index in [9.17, 15) is 9.90 Å². The fourth-order valence-electron chi connectivity index (χ4n) is 3.88. The average Bonchev–Trinajstić information content (AvgIpc) is 2.73. The Labute approximate surface area is 165 Å². The zero-order chi connectivity index (χ0) is 19.5. The zero-order valence-corrected chi connectivity index (χ0v) is 15.8. The summed E-state index contributed by atoms with van der Waals surface area (Å²) in [7, 11) is 2.13. The van der Waals surface area contributed by atoms with Crippen LogP contribution in [0.15, 0.2) is 78.9 Å². The highest BCUT2D eigenvalue weighted by atomic mass is 16.5. The first-order chi connectivity index (χ1) is 13.6. The van der Waals surface area contributed by atoms with Crippen LogP contribution in [0.3, 0.4) is 0 Å². The Balaban J connectivity index is 1.56. The normalized spacial score (nSPS) is 16.9. The zero-order valence-electron chi connectivity index (χ0n) is 15.8. The predicted octanol–water partition coefficient (Wildman–Crippen LogP) is 4.86. The lowest BCUT2D eigenvalue weighted by molar-refractivity contribution is -0.145. The maximum Gasteiger partial charge on any atom is 0.349 e. The van der Waals surface area contributed by atoms with Gasteiger partial charge in [0.2, 0.25) is 6.10 Å². The lowest BCUT2D eigenvalue weighted by Crippen LogP contribution is -2.27. The molecule has 2 unspecified atom stereocenters. The maximum absolute atomic E-state index is 11.7. The van der Waals surface area contributed by atoms with Gasteiger partial charge in [0.25, 0.3) is 0 Å². The molecule has 4 heteroatoms. The molecule has 0 fully saturated rings. The van der Waals surface area contributed by atoms with Crippen molar-refractivity contribution >= 4 is 11.7 Å². The molecule has 0 amide bonds. The molecular weight excluding hydrogens is 350 g/mol. The molecular formula is C24H23NO3. The van der Waals surface area contributed by atoms with E-state index >= 15 is 0 Å². The molecule has 1 aliphatic rings. The van der Waals surface area contributed by atoms with Gasteiger partial charge in [-0.1, -0.05) is 60.7 Å². The standard InChI is InChI=1S/C24H23NO3/c1-25-16-15-20(21-9-5-6-10-22(21)25)17-11-13-19(14-12-17)28-23(24(26)27)18-7-3-2-4-8-18/h2-14,20,23H,15-16H2,1H3,(H,26,27). The lowest BCUT2D eigenvalue weighted by Gasteiger charge is -2.33. The summed E-state index contributed by atoms with van der Waals surface area (Å²) in [4.78, 5) is 13.9. The smallest absolute Gasteiger partial charge is 0.349 e. The van der Waals surface area contributed by atoms with Gasteiger partial charge in [-0.25, -0.2) is 4.79 Å². The highest BCUT2D eigenvalue weighted by molar-refractivity contribution is 5.74. The Morgan fingerprint density at radius 1 is 1.00 bits per heavy atom. The summed E-state index contributed by atoms with van der Waals surface area (Å²) in [6.07, 6.45) is 0.0336. The number of hydrogen-bond acceptors (Lipinski definition) is 3. The van der Waals surface area contributed by atoms with Crippen LogP contribution in [-0.2, 0) is 4.79 Å². The molecule has 1 aliphatic heterocycles. The maximum atomic E-state index is 11.7. The molecule has 1 N–H and O–H groups in total. The van der Waals surface area contributed by atoms with Gasteiger partial charge in [-0.2, -0.15) is 0 Å². The number of benzene rings is 3. The fourth-order valence-corrected chi connectivity index (χ4v) is 3.88. The minimum atomic E-state index is -1.02. The first kappa shape index (κ1) is 18.1. The van der Waals surface area contributed by atoms with Crippen LogP contribution in [0.4, 0.5) is 5.69 Å². The summed E-state index contributed by atoms with van der Waals surface area (Å²) in [5.41, 5.74) is 4.45. The molecule has 4 nitrogen and oxygen atoms in total. The molecule has 0 aliphatic carbocycles. The second kappa shape index (κ2) is 7.77. The molecule has 0 saturated heterocycles. The summed E-state index contributed by atoms with van der Waals surface area (Å²) in [5, 5.41) is 9.55. The number of ether oxygens (including phenoxy) is 1. The number of para-hydroxylation sites is 1. The van der Waals surface area contributed by atoms with Crippen LogP contribution >= 0.6 is 0 Å². The van der Waals surface area contributed by atoms with Crippen molar-refractivity contribution in [3.63, 3.8) is 0 Å². The van der Waals surface area contributed by atoms with Gasteiger partial charge in [-0.3, -0.25) is 0 Å². The summed E-state index contributed by atoms with van der Waals surface area (Å²) in [6.45, 7) is 1.01. The Kier molecular flexibility index (Phi) is 5.02. The van der Waals surface area contributed by atoms with Crippen molar-refractivity contribution in [2.24, 2.45) is 0 Å². The van der Waals surface area contributed by atoms with Crippen molar-refractivity contribution in [3.05, 3.63) is 95.6 Å². The van der Waals surface area contributed by atoms with E-state index in [1.165, 1.54) is 16.8 Å². The third-order valence-corrected chi connectivity index (χ3v) is 5.34. The third kappa shape index (κ3) is 3.58. The van der Waals surface area contributed by atoms with Crippen LogP contribution in [0, 0.1) is 0 Å². The van der Waals surface area contributed by atoms with E-state index < -0.39 is 12.1 Å². The number of anilines is 1. The van der Waals surface area contributed by atoms with Crippen molar-refractivity contribution in [3.8, 4) is 5.75 Å². The van der Waals surface area contributed by atoms with E-state index in [0.717, 1.165) is 13.0 Å². The van der Waals surface area contributed by atoms with Crippen molar-refractivity contribution in [1.82, 2.24) is 0 Å². The van der Waals surface area contributed by atoms with Gasteiger partial charge >= 0.3 is 5.97 Å². The molecule has 0 radical (unpaired) electrons. The molecule has 28 heavy (non-hydrogen) atoms. The van der Waals surface area contributed by atoms with Crippen molar-refractivity contribution in [1.29, 1.82) is 0 Å². The van der Waals surface area contributed by atoms with E-state index in [1.54, 1.807) is 12.1 Å². The third-order valence-electron chi connectivity index (χ3n) is 5.34. The Morgan fingerprint density at radius 2 is 1.68 bits per heavy atom. The number of carboxylic acids is 1. The van der Waals surface area contributed by atoms with E-state index in [2.05, 4.69) is 36.2 Å². The van der Waals surface area contributed by atoms with Gasteiger partial charge in [0.1, 0.15) is 5.75 Å². The Hall–Kier alpha value is -3.27. The van der Waals surface area contributed by atoms with Gasteiger partial charge in [0, 0.05) is 30.8 Å². The van der Waals surface area contributed by atoms with Crippen LogP contribution in [0.2, 0.25) is 0 Å². The summed E-state index contributed by atoms with van der Waals surface area (Å²) >= 11 is 0. The first-order valence-corrected chi connectivity index (χ1v) is 9.48. The number of nitrogens with zero attached hydrogens (tertiary/aromatic N) is 1. The van der Waals surface area contributed by atoms with Crippen LogP contribution in [0.1, 0.15) is 35.1 Å². The fraction of sp³-hybridized carbons (Fsp3) is 0.208. The second-order valence-corrected chi connectivity index (χ2v) is 7.14. The first-order valence-electron chi connectivity index (χ1n) is 9.48. The predicted molar refractivity (Wildman–Crippen MR) is 110 cm³/mol. The van der Waals surface area contributed by atoms with Crippen LogP contribution in [-0.4, -0.2) is 24.7 Å². The number of carbonyl (C=O) groups is 1. The van der Waals surface area contributed by atoms with Gasteiger partial charge in [-0.05, 0) is 35.7 Å². The number of aliphatic carboxylic acids is 1. The van der Waals surface area contributed by atoms with E-state index in [4.69, 9.17) is 4.74 Å². The van der Waals surface area contributed by atoms with Crippen molar-refractivity contribution in [2.75, 3.05) is 18.5 Å². The molecule has 0 saturated carbocycles. The average molecular weight is 373 g/mol. The number of fused-ring (bicyclic) bond motifs is 1. The Bertz CT molecular complexity index is 953. The number of carboxylic acid groups (broad SMARTS) is 1. The van der Waals surface area contributed by atoms with Gasteiger partial charge < -0.3 is 14.7 Å². The van der Waals surface area contributed by atoms with Gasteiger partial charge in [-0.15, -0.1) is 0 Å². The molecule has 0 aromatic heterocycles. The summed E-state index contributed by atoms with van der Waals surface area (Å²) < 4.78 is 5.78. The number of hydrogen-bond donors (Lipinski definition) is 1. The topological polar surface area (TPSA) is 49.8 Å². The SMILES string of the molecule is CN1CCC(c2ccc(OC(C(=O)O)c3ccccc3)cc2)c2ccccc21. The molecule has 4 rings (SSSR count). The lowest BCUT2D eigenvalue weighted by atomic mass is 9.84. The minimum Gasteiger partial charge on any atom is -0.478 e. The quantitative estimate of drug-likeness (QED) is 0.694. The summed E-state index contributed by atoms with van der Waals surface area (Å²) in [5.74, 6) is -0.105. The van der Waals surface area contributed by atoms with E-state index in [1.807, 2.05) is 42.5 Å². The highest BCUT2D eigenvalue weighted by Crippen LogP contribution is 2.39. The minimum absolute atomic E-state index is 0.339. The van der Waals surface area contributed by atoms with E-state index in [-0.39, 0.29) is 0 Å². The van der Waals surface area contributed by atoms with Crippen molar-refractivity contribution < 1.29 is 14.6 Å². The van der Waals surface area contributed by atoms with Crippen LogP contribution in [0.25, 0.3) is 0 Å². The summed E-state index contributed by atoms with van der Waals surface area (Å²) in [6, 6.07) is 25.4. The van der Waals surface area contributed by atoms with Gasteiger partial charge in [0.15, 0.2) is 0 Å². The van der Waals surface area contributed by atoms with E-state index in [0.29, 0.717) is 17.2 Å². The van der Waals surface area contributed by atoms with Crippen LogP contribution in [0.5, 0.6) is 5.75 Å². The molecule has 3 aromatic rings. The largest absolute Gasteiger partial charge is 0.478 e. The van der Waals surface area contributed by atoms with Crippen LogP contribution < -0.4 is 9.64 Å². The molecule has 0 spiro atoms. The highest BCUT2D eigenvalue weighted by Gasteiger charge is 2.25. The molecule has 2 atom stereocenters. The molecule has 0 bridgehead atoms. The number of rotatable bonds is 5. The second-order valence-electron chi connectivity index (χ2n) is 7.14.